The van der Waals surface area contributed by atoms with Gasteiger partial charge < -0.3 is 50.0 Å². The van der Waals surface area contributed by atoms with Gasteiger partial charge in [0, 0.05) is 18.9 Å². The summed E-state index contributed by atoms with van der Waals surface area (Å²) in [6, 6.07) is 6.36. The van der Waals surface area contributed by atoms with E-state index in [-0.39, 0.29) is 49.4 Å². The monoisotopic (exact) mass is 640 g/mol. The van der Waals surface area contributed by atoms with Crippen molar-refractivity contribution >= 4 is 29.7 Å². The average Bonchev–Trinajstić information content (AvgIpc) is 3.02. The van der Waals surface area contributed by atoms with Gasteiger partial charge in [-0.3, -0.25) is 9.59 Å². The van der Waals surface area contributed by atoms with Gasteiger partial charge in [-0.05, 0) is 78.8 Å². The zero-order chi connectivity index (χ0) is 33.2. The first-order valence-electron chi connectivity index (χ1n) is 14.8. The Morgan fingerprint density at radius 3 is 2.39 bits per heavy atom. The Balaban J connectivity index is 1.37. The van der Waals surface area contributed by atoms with Gasteiger partial charge in [0.25, 0.3) is 0 Å². The van der Waals surface area contributed by atoms with E-state index in [9.17, 15) is 50.1 Å². The van der Waals surface area contributed by atoms with Crippen LogP contribution in [0.25, 0.3) is 12.2 Å². The van der Waals surface area contributed by atoms with E-state index in [0.29, 0.717) is 17.5 Å². The number of carboxylic acids is 1. The van der Waals surface area contributed by atoms with Crippen molar-refractivity contribution in [3.05, 3.63) is 59.2 Å². The molecular formula is C33H36O13. The van der Waals surface area contributed by atoms with Gasteiger partial charge in [-0.1, -0.05) is 18.2 Å². The number of aliphatic hydroxyl groups is 2. The third-order valence-electron chi connectivity index (χ3n) is 9.03. The Bertz CT molecular complexity index is 1560. The Labute approximate surface area is 263 Å². The minimum atomic E-state index is -2.03. The van der Waals surface area contributed by atoms with Crippen LogP contribution in [0.4, 0.5) is 0 Å². The molecular weight excluding hydrogens is 604 g/mol. The van der Waals surface area contributed by atoms with Gasteiger partial charge in [0.2, 0.25) is 0 Å². The van der Waals surface area contributed by atoms with Crippen LogP contribution >= 0.6 is 0 Å². The van der Waals surface area contributed by atoms with Crippen molar-refractivity contribution in [2.45, 2.75) is 68.2 Å². The molecule has 1 saturated carbocycles. The summed E-state index contributed by atoms with van der Waals surface area (Å²) in [5.74, 6) is -4.87. The van der Waals surface area contributed by atoms with Crippen LogP contribution < -0.4 is 0 Å². The fraction of sp³-hybridized carbons (Fsp3) is 0.424. The summed E-state index contributed by atoms with van der Waals surface area (Å²) in [7, 11) is 0. The number of aromatic hydroxyl groups is 4. The van der Waals surface area contributed by atoms with Crippen LogP contribution in [0, 0.1) is 5.92 Å². The van der Waals surface area contributed by atoms with Crippen molar-refractivity contribution < 1.29 is 64.3 Å². The van der Waals surface area contributed by atoms with E-state index in [0.717, 1.165) is 6.08 Å². The van der Waals surface area contributed by atoms with Crippen molar-refractivity contribution in [1.82, 2.24) is 0 Å². The van der Waals surface area contributed by atoms with E-state index in [1.807, 2.05) is 0 Å². The number of carboxylic acid groups (broad SMARTS) is 1. The maximum absolute atomic E-state index is 13.7. The molecule has 3 fully saturated rings. The maximum atomic E-state index is 13.7. The first kappa shape index (κ1) is 33.1. The molecule has 13 nitrogen and oxygen atoms in total. The number of ketones is 2. The zero-order valence-corrected chi connectivity index (χ0v) is 24.7. The molecule has 0 unspecified atom stereocenters. The molecule has 246 valence electrons. The Hall–Kier alpha value is -4.27. The van der Waals surface area contributed by atoms with Crippen LogP contribution in [0.1, 0.15) is 48.8 Å². The summed E-state index contributed by atoms with van der Waals surface area (Å²) in [5, 5.41) is 70.1. The lowest BCUT2D eigenvalue weighted by Crippen LogP contribution is -2.69. The van der Waals surface area contributed by atoms with Crippen LogP contribution in [0.5, 0.6) is 23.0 Å². The summed E-state index contributed by atoms with van der Waals surface area (Å²) in [6.07, 6.45) is 2.32. The molecule has 2 bridgehead atoms. The minimum absolute atomic E-state index is 0.116. The van der Waals surface area contributed by atoms with Gasteiger partial charge in [-0.2, -0.15) is 0 Å². The highest BCUT2D eigenvalue weighted by Gasteiger charge is 2.64. The largest absolute Gasteiger partial charge is 0.504 e. The van der Waals surface area contributed by atoms with E-state index >= 15 is 0 Å². The number of phenols is 4. The molecule has 46 heavy (non-hydrogen) atoms. The smallest absolute Gasteiger partial charge is 0.336 e. The number of hydrogen-bond acceptors (Lipinski definition) is 12. The Morgan fingerprint density at radius 2 is 1.67 bits per heavy atom. The lowest BCUT2D eigenvalue weighted by molar-refractivity contribution is -0.283. The zero-order valence-electron chi connectivity index (χ0n) is 24.7. The third kappa shape index (κ3) is 6.37. The van der Waals surface area contributed by atoms with Crippen LogP contribution in [-0.2, 0) is 35.2 Å². The fourth-order valence-electron chi connectivity index (χ4n) is 6.62. The van der Waals surface area contributed by atoms with Crippen molar-refractivity contribution in [2.24, 2.45) is 5.92 Å². The number of hydrogen-bond donors (Lipinski definition) is 7. The predicted octanol–water partition coefficient (Wildman–Crippen LogP) is 2.18. The number of carbonyl (C=O) groups excluding carboxylic acids is 2. The standard InChI is InChI=1S/C33H36O13/c34-16-20-14-26(39)25(38)13-19(20)4-7-28(41)32-9-1-11-44-30-27(40)15-33(31(42)43,22(8-10-32)29(30)46-32)45-17-21(35)5-2-18-3-6-23(36)24(37)12-18/h2-7,12-14,22,27,29-30,34,36-40H,1,8-11,15-17H2,(H,42,43)/t22-,27-,29+,30+,32-,33-/m1/s1. The van der Waals surface area contributed by atoms with Crippen LogP contribution in [-0.4, -0.2) is 96.0 Å². The maximum Gasteiger partial charge on any atom is 0.336 e. The summed E-state index contributed by atoms with van der Waals surface area (Å²) in [4.78, 5) is 39.3. The number of fused-ring (bicyclic) bond motifs is 1. The number of carbonyl (C=O) groups is 3. The molecule has 6 atom stereocenters. The molecule has 2 aliphatic heterocycles. The van der Waals surface area contributed by atoms with Gasteiger partial charge in [0.15, 0.2) is 40.2 Å². The highest BCUT2D eigenvalue weighted by Crippen LogP contribution is 2.50. The predicted molar refractivity (Wildman–Crippen MR) is 160 cm³/mol. The molecule has 0 aromatic heterocycles. The fourth-order valence-corrected chi connectivity index (χ4v) is 6.62. The molecule has 2 aromatic carbocycles. The highest BCUT2D eigenvalue weighted by molar-refractivity contribution is 6.00. The minimum Gasteiger partial charge on any atom is -0.504 e. The highest BCUT2D eigenvalue weighted by atomic mass is 16.6. The third-order valence-corrected chi connectivity index (χ3v) is 9.03. The molecule has 0 amide bonds. The van der Waals surface area contributed by atoms with E-state index in [2.05, 4.69) is 0 Å². The van der Waals surface area contributed by atoms with E-state index in [4.69, 9.17) is 14.2 Å². The number of benzene rings is 2. The number of phenolic OH excluding ortho intramolecular Hbond substituents is 4. The van der Waals surface area contributed by atoms with Gasteiger partial charge in [0.05, 0.1) is 18.8 Å². The normalized spacial score (nSPS) is 29.3. The quantitative estimate of drug-likeness (QED) is 0.146. The molecule has 5 rings (SSSR count). The summed E-state index contributed by atoms with van der Waals surface area (Å²) < 4.78 is 18.2. The summed E-state index contributed by atoms with van der Waals surface area (Å²) in [5.41, 5.74) is -2.43. The topological polar surface area (TPSA) is 221 Å². The molecule has 0 radical (unpaired) electrons. The Kier molecular flexibility index (Phi) is 9.52. The molecule has 7 N–H and O–H groups in total. The van der Waals surface area contributed by atoms with Crippen molar-refractivity contribution in [2.75, 3.05) is 13.2 Å². The van der Waals surface area contributed by atoms with Gasteiger partial charge >= 0.3 is 5.97 Å². The molecule has 2 saturated heterocycles. The van der Waals surface area contributed by atoms with Crippen LogP contribution in [0.3, 0.4) is 0 Å². The van der Waals surface area contributed by atoms with Crippen molar-refractivity contribution in [3.63, 3.8) is 0 Å². The van der Waals surface area contributed by atoms with Gasteiger partial charge in [-0.25, -0.2) is 4.79 Å². The molecule has 1 aliphatic carbocycles. The van der Waals surface area contributed by atoms with Gasteiger partial charge in [-0.15, -0.1) is 0 Å². The first-order chi connectivity index (χ1) is 21.9. The van der Waals surface area contributed by atoms with Gasteiger partial charge in [0.1, 0.15) is 18.3 Å². The molecule has 3 aliphatic rings. The molecule has 2 aromatic rings. The first-order valence-corrected chi connectivity index (χ1v) is 14.8. The second-order valence-corrected chi connectivity index (χ2v) is 11.9. The van der Waals surface area contributed by atoms with Crippen molar-refractivity contribution in [1.29, 1.82) is 0 Å². The second-order valence-electron chi connectivity index (χ2n) is 11.9. The van der Waals surface area contributed by atoms with E-state index in [1.54, 1.807) is 0 Å². The van der Waals surface area contributed by atoms with E-state index < -0.39 is 77.7 Å². The second kappa shape index (κ2) is 13.2. The van der Waals surface area contributed by atoms with Crippen LogP contribution in [0.15, 0.2) is 42.5 Å². The molecule has 0 spiro atoms. The SMILES string of the molecule is O=C(C=Cc1ccc(O)c(O)c1)CO[C@]1(C(=O)O)C[C@@H](O)[C@@H]2OCCC[C@]3(C(=O)C=Cc4cc(O)c(O)cc4CO)CC[C@@H]1[C@@H]2O3. The summed E-state index contributed by atoms with van der Waals surface area (Å²) in [6.45, 7) is -0.918. The Morgan fingerprint density at radius 1 is 0.935 bits per heavy atom. The number of aliphatic carboxylic acids is 1. The van der Waals surface area contributed by atoms with E-state index in [1.165, 1.54) is 48.6 Å². The average molecular weight is 641 g/mol. The van der Waals surface area contributed by atoms with Crippen molar-refractivity contribution in [3.8, 4) is 23.0 Å². The molecule has 2 heterocycles. The number of rotatable bonds is 10. The summed E-state index contributed by atoms with van der Waals surface area (Å²) >= 11 is 0. The van der Waals surface area contributed by atoms with Crippen LogP contribution in [0.2, 0.25) is 0 Å². The molecule has 13 heteroatoms. The lowest BCUT2D eigenvalue weighted by Gasteiger charge is -2.56. The number of aliphatic hydroxyl groups excluding tert-OH is 2. The number of ether oxygens (including phenoxy) is 3. The lowest BCUT2D eigenvalue weighted by atomic mass is 9.65.